The minimum Gasteiger partial charge on any atom is -0.493 e. The lowest BCUT2D eigenvalue weighted by molar-refractivity contribution is -0.131. The van der Waals surface area contributed by atoms with Gasteiger partial charge < -0.3 is 14.9 Å². The maximum absolute atomic E-state index is 10.6. The zero-order chi connectivity index (χ0) is 21.3. The highest BCUT2D eigenvalue weighted by Gasteiger charge is 2.00. The van der Waals surface area contributed by atoms with E-state index in [2.05, 4.69) is 0 Å². The van der Waals surface area contributed by atoms with Crippen molar-refractivity contribution in [3.63, 3.8) is 0 Å². The van der Waals surface area contributed by atoms with Gasteiger partial charge in [0, 0.05) is 18.2 Å². The second kappa shape index (κ2) is 15.3. The van der Waals surface area contributed by atoms with Crippen LogP contribution in [-0.2, 0) is 4.79 Å². The van der Waals surface area contributed by atoms with E-state index in [0.717, 1.165) is 42.6 Å². The maximum atomic E-state index is 10.6. The van der Waals surface area contributed by atoms with Crippen LogP contribution in [-0.4, -0.2) is 29.4 Å². The van der Waals surface area contributed by atoms with E-state index >= 15 is 0 Å². The fourth-order valence-electron chi connectivity index (χ4n) is 2.72. The van der Waals surface area contributed by atoms with Crippen molar-refractivity contribution >= 4 is 12.0 Å². The molecule has 4 heteroatoms. The summed E-state index contributed by atoms with van der Waals surface area (Å²) in [5.41, 5.74) is 2.79. The highest BCUT2D eigenvalue weighted by Crippen LogP contribution is 2.21. The third-order valence-corrected chi connectivity index (χ3v) is 4.32. The van der Waals surface area contributed by atoms with Crippen LogP contribution in [0.25, 0.3) is 6.08 Å². The number of aliphatic hydroxyl groups is 1. The van der Waals surface area contributed by atoms with Crippen molar-refractivity contribution in [2.45, 2.75) is 52.4 Å². The van der Waals surface area contributed by atoms with Crippen molar-refractivity contribution in [2.75, 3.05) is 13.2 Å². The largest absolute Gasteiger partial charge is 0.493 e. The molecular weight excluding hydrogens is 364 g/mol. The molecule has 0 aliphatic rings. The highest BCUT2D eigenvalue weighted by atomic mass is 16.5. The van der Waals surface area contributed by atoms with Crippen molar-refractivity contribution < 1.29 is 19.7 Å². The molecule has 0 saturated carbocycles. The van der Waals surface area contributed by atoms with E-state index in [1.54, 1.807) is 13.0 Å². The van der Waals surface area contributed by atoms with Gasteiger partial charge in [0.25, 0.3) is 0 Å². The molecule has 0 atom stereocenters. The number of rotatable bonds is 14. The number of carboxylic acid groups (broad SMARTS) is 1. The first kappa shape index (κ1) is 24.4. The van der Waals surface area contributed by atoms with Gasteiger partial charge in [-0.1, -0.05) is 79.8 Å². The molecule has 0 amide bonds. The van der Waals surface area contributed by atoms with Crippen LogP contribution in [0.1, 0.15) is 57.9 Å². The second-order valence-corrected chi connectivity index (χ2v) is 7.06. The zero-order valence-corrected chi connectivity index (χ0v) is 17.6. The summed E-state index contributed by atoms with van der Waals surface area (Å²) in [5.74, 6) is -0.0568. The fraction of sp³-hybridized carbons (Fsp3) is 0.400. The van der Waals surface area contributed by atoms with Gasteiger partial charge in [-0.25, -0.2) is 4.79 Å². The molecule has 0 saturated heterocycles. The molecule has 2 N–H and O–H groups in total. The predicted molar refractivity (Wildman–Crippen MR) is 120 cm³/mol. The van der Waals surface area contributed by atoms with Crippen molar-refractivity contribution in [3.8, 4) is 5.75 Å². The molecule has 0 aromatic heterocycles. The average Bonchev–Trinajstić information content (AvgIpc) is 2.68. The van der Waals surface area contributed by atoms with Gasteiger partial charge in [-0.3, -0.25) is 0 Å². The van der Waals surface area contributed by atoms with Gasteiger partial charge in [0.05, 0.1) is 6.61 Å². The number of carbonyl (C=O) groups is 1. The first-order chi connectivity index (χ1) is 14.0. The van der Waals surface area contributed by atoms with Crippen molar-refractivity contribution in [2.24, 2.45) is 0 Å². The molecule has 1 aromatic carbocycles. The van der Waals surface area contributed by atoms with Crippen LogP contribution in [0.15, 0.2) is 65.8 Å². The minimum atomic E-state index is -0.939. The number of ether oxygens (including phenoxy) is 1. The first-order valence-electron chi connectivity index (χ1n) is 10.3. The fourth-order valence-corrected chi connectivity index (χ4v) is 2.72. The molecule has 0 aliphatic carbocycles. The highest BCUT2D eigenvalue weighted by molar-refractivity contribution is 5.81. The SMILES string of the molecule is CC(/C=C/c1ccccc1OCCCCCCCCO)=C\C=C\C(C)=C\C(=O)O. The lowest BCUT2D eigenvalue weighted by atomic mass is 10.1. The molecule has 0 fully saturated rings. The summed E-state index contributed by atoms with van der Waals surface area (Å²) in [6.07, 6.45) is 17.3. The van der Waals surface area contributed by atoms with Crippen molar-refractivity contribution in [1.82, 2.24) is 0 Å². The van der Waals surface area contributed by atoms with Gasteiger partial charge in [0.2, 0.25) is 0 Å². The first-order valence-corrected chi connectivity index (χ1v) is 10.3. The van der Waals surface area contributed by atoms with Gasteiger partial charge in [0.1, 0.15) is 5.75 Å². The van der Waals surface area contributed by atoms with E-state index < -0.39 is 5.97 Å². The Labute approximate surface area is 174 Å². The van der Waals surface area contributed by atoms with Crippen molar-refractivity contribution in [1.29, 1.82) is 0 Å². The smallest absolute Gasteiger partial charge is 0.328 e. The van der Waals surface area contributed by atoms with Gasteiger partial charge in [0.15, 0.2) is 0 Å². The summed E-state index contributed by atoms with van der Waals surface area (Å²) in [6.45, 7) is 4.75. The topological polar surface area (TPSA) is 66.8 Å². The predicted octanol–water partition coefficient (Wildman–Crippen LogP) is 5.94. The van der Waals surface area contributed by atoms with Crippen LogP contribution >= 0.6 is 0 Å². The molecular formula is C25H34O4. The van der Waals surface area contributed by atoms with E-state index in [1.807, 2.05) is 55.5 Å². The Bertz CT molecular complexity index is 726. The number of unbranched alkanes of at least 4 members (excludes halogenated alkanes) is 5. The standard InChI is InChI=1S/C25H34O4/c1-21(12-11-13-22(2)20-25(27)28)16-17-23-14-7-8-15-24(23)29-19-10-6-4-3-5-9-18-26/h7-8,11-17,20,26H,3-6,9-10,18-19H2,1-2H3,(H,27,28)/b13-11+,17-16+,21-12+,22-20+. The van der Waals surface area contributed by atoms with E-state index in [4.69, 9.17) is 14.9 Å². The second-order valence-electron chi connectivity index (χ2n) is 7.06. The van der Waals surface area contributed by atoms with Crippen LogP contribution in [0.5, 0.6) is 5.75 Å². The Morgan fingerprint density at radius 2 is 1.66 bits per heavy atom. The molecule has 0 bridgehead atoms. The van der Waals surface area contributed by atoms with Gasteiger partial charge >= 0.3 is 5.97 Å². The summed E-state index contributed by atoms with van der Waals surface area (Å²) in [7, 11) is 0. The molecule has 29 heavy (non-hydrogen) atoms. The number of aliphatic hydroxyl groups excluding tert-OH is 1. The quantitative estimate of drug-likeness (QED) is 0.231. The van der Waals surface area contributed by atoms with Crippen LogP contribution in [0.4, 0.5) is 0 Å². The average molecular weight is 399 g/mol. The number of benzene rings is 1. The number of para-hydroxylation sites is 1. The van der Waals surface area contributed by atoms with E-state index in [0.29, 0.717) is 18.8 Å². The number of carboxylic acids is 1. The molecule has 1 aromatic rings. The number of hydrogen-bond acceptors (Lipinski definition) is 3. The van der Waals surface area contributed by atoms with Gasteiger partial charge in [-0.15, -0.1) is 0 Å². The lowest BCUT2D eigenvalue weighted by Crippen LogP contribution is -1.98. The summed E-state index contributed by atoms with van der Waals surface area (Å²) >= 11 is 0. The van der Waals surface area contributed by atoms with Gasteiger partial charge in [-0.2, -0.15) is 0 Å². The zero-order valence-electron chi connectivity index (χ0n) is 17.6. The third kappa shape index (κ3) is 12.5. The molecule has 0 spiro atoms. The normalized spacial score (nSPS) is 12.8. The summed E-state index contributed by atoms with van der Waals surface area (Å²) in [5, 5.41) is 17.5. The molecule has 4 nitrogen and oxygen atoms in total. The van der Waals surface area contributed by atoms with E-state index in [-0.39, 0.29) is 0 Å². The Morgan fingerprint density at radius 3 is 2.38 bits per heavy atom. The minimum absolute atomic E-state index is 0.291. The van der Waals surface area contributed by atoms with Crippen molar-refractivity contribution in [3.05, 3.63) is 71.4 Å². The lowest BCUT2D eigenvalue weighted by Gasteiger charge is -2.09. The molecule has 0 aliphatic heterocycles. The Kier molecular flexibility index (Phi) is 12.9. The molecule has 0 unspecified atom stereocenters. The molecule has 0 radical (unpaired) electrons. The maximum Gasteiger partial charge on any atom is 0.328 e. The Balaban J connectivity index is 2.50. The Hall–Kier alpha value is -2.59. The van der Waals surface area contributed by atoms with Crippen LogP contribution in [0.3, 0.4) is 0 Å². The number of aliphatic carboxylic acids is 1. The molecule has 158 valence electrons. The Morgan fingerprint density at radius 1 is 0.966 bits per heavy atom. The van der Waals surface area contributed by atoms with Gasteiger partial charge in [-0.05, 0) is 38.3 Å². The molecule has 0 heterocycles. The summed E-state index contributed by atoms with van der Waals surface area (Å²) in [6, 6.07) is 7.99. The summed E-state index contributed by atoms with van der Waals surface area (Å²) < 4.78 is 5.96. The number of allylic oxidation sites excluding steroid dienone is 6. The van der Waals surface area contributed by atoms with Crippen LogP contribution < -0.4 is 4.74 Å². The van der Waals surface area contributed by atoms with E-state index in [1.165, 1.54) is 18.9 Å². The van der Waals surface area contributed by atoms with E-state index in [9.17, 15) is 4.79 Å². The number of hydrogen-bond donors (Lipinski definition) is 2. The molecule has 1 rings (SSSR count). The van der Waals surface area contributed by atoms with Crippen LogP contribution in [0, 0.1) is 0 Å². The summed E-state index contributed by atoms with van der Waals surface area (Å²) in [4.78, 5) is 10.6. The third-order valence-electron chi connectivity index (χ3n) is 4.32. The monoisotopic (exact) mass is 398 g/mol. The van der Waals surface area contributed by atoms with Crippen LogP contribution in [0.2, 0.25) is 0 Å².